The van der Waals surface area contributed by atoms with E-state index in [1.807, 2.05) is 0 Å². The lowest BCUT2D eigenvalue weighted by Crippen LogP contribution is -2.35. The SMILES string of the molecule is [N-]=[N+]=C1C=CC=C(S(=O)(=O)O)C1[N+](=O)[O-]. The fraction of sp³-hybridized carbons (Fsp3) is 0.167. The molecule has 0 radical (unpaired) electrons. The van der Waals surface area contributed by atoms with E-state index >= 15 is 0 Å². The van der Waals surface area contributed by atoms with Crippen molar-refractivity contribution in [3.05, 3.63) is 38.8 Å². The van der Waals surface area contributed by atoms with E-state index in [9.17, 15) is 18.5 Å². The molecule has 0 saturated heterocycles. The monoisotopic (exact) mass is 231 g/mol. The first-order chi connectivity index (χ1) is 6.88. The average molecular weight is 231 g/mol. The molecule has 0 aromatic carbocycles. The van der Waals surface area contributed by atoms with Gasteiger partial charge < -0.3 is 5.53 Å². The summed E-state index contributed by atoms with van der Waals surface area (Å²) in [7, 11) is -4.69. The number of hydrogen-bond acceptors (Lipinski definition) is 4. The van der Waals surface area contributed by atoms with Crippen molar-refractivity contribution in [3.8, 4) is 0 Å². The zero-order valence-electron chi connectivity index (χ0n) is 7.14. The minimum Gasteiger partial charge on any atom is -0.361 e. The molecule has 80 valence electrons. The molecular formula is C6H5N3O5S. The van der Waals surface area contributed by atoms with Crippen LogP contribution in [0, 0.1) is 10.1 Å². The Hall–Kier alpha value is -1.83. The van der Waals surface area contributed by atoms with Crippen molar-refractivity contribution in [1.29, 1.82) is 0 Å². The first kappa shape index (κ1) is 11.2. The van der Waals surface area contributed by atoms with Crippen molar-refractivity contribution in [1.82, 2.24) is 0 Å². The lowest BCUT2D eigenvalue weighted by atomic mass is 10.1. The zero-order chi connectivity index (χ0) is 11.6. The van der Waals surface area contributed by atoms with Gasteiger partial charge in [0.2, 0.25) is 0 Å². The van der Waals surface area contributed by atoms with Crippen LogP contribution in [0.4, 0.5) is 0 Å². The van der Waals surface area contributed by atoms with Gasteiger partial charge >= 0.3 is 11.8 Å². The Kier molecular flexibility index (Phi) is 2.80. The molecule has 1 unspecified atom stereocenters. The molecule has 8 nitrogen and oxygen atoms in total. The van der Waals surface area contributed by atoms with Gasteiger partial charge in [-0.1, -0.05) is 6.08 Å². The van der Waals surface area contributed by atoms with E-state index in [0.29, 0.717) is 0 Å². The maximum absolute atomic E-state index is 10.8. The van der Waals surface area contributed by atoms with Gasteiger partial charge in [0.05, 0.1) is 0 Å². The molecule has 15 heavy (non-hydrogen) atoms. The fourth-order valence-corrected chi connectivity index (χ4v) is 1.84. The summed E-state index contributed by atoms with van der Waals surface area (Å²) < 4.78 is 30.3. The van der Waals surface area contributed by atoms with Gasteiger partial charge in [-0.2, -0.15) is 13.2 Å². The smallest absolute Gasteiger partial charge is 0.361 e. The Balaban J connectivity index is 3.39. The zero-order valence-corrected chi connectivity index (χ0v) is 7.96. The van der Waals surface area contributed by atoms with Crippen molar-refractivity contribution in [2.45, 2.75) is 6.04 Å². The van der Waals surface area contributed by atoms with E-state index in [1.54, 1.807) is 0 Å². The first-order valence-corrected chi connectivity index (χ1v) is 5.03. The third-order valence-electron chi connectivity index (χ3n) is 1.70. The molecule has 0 spiro atoms. The van der Waals surface area contributed by atoms with Crippen LogP contribution in [0.2, 0.25) is 0 Å². The quantitative estimate of drug-likeness (QED) is 0.228. The van der Waals surface area contributed by atoms with Gasteiger partial charge in [-0.3, -0.25) is 14.7 Å². The van der Waals surface area contributed by atoms with Crippen LogP contribution in [-0.2, 0) is 10.1 Å². The number of nitrogens with zero attached hydrogens (tertiary/aromatic N) is 3. The molecule has 0 aliphatic heterocycles. The van der Waals surface area contributed by atoms with E-state index in [4.69, 9.17) is 10.1 Å². The Morgan fingerprint density at radius 2 is 2.20 bits per heavy atom. The summed E-state index contributed by atoms with van der Waals surface area (Å²) in [5, 5.41) is 10.5. The molecule has 0 aromatic heterocycles. The maximum atomic E-state index is 10.8. The Morgan fingerprint density at radius 1 is 1.60 bits per heavy atom. The highest BCUT2D eigenvalue weighted by Crippen LogP contribution is 2.18. The van der Waals surface area contributed by atoms with Gasteiger partial charge in [-0.25, -0.2) is 0 Å². The molecule has 1 rings (SSSR count). The van der Waals surface area contributed by atoms with Crippen molar-refractivity contribution >= 4 is 15.8 Å². The second-order valence-electron chi connectivity index (χ2n) is 2.62. The maximum Gasteiger partial charge on any atom is 0.370 e. The molecule has 1 aliphatic carbocycles. The van der Waals surface area contributed by atoms with Gasteiger partial charge in [0.25, 0.3) is 10.1 Å². The molecule has 0 aromatic rings. The third kappa shape index (κ3) is 2.15. The number of allylic oxidation sites excluding steroid dienone is 2. The summed E-state index contributed by atoms with van der Waals surface area (Å²) in [6.07, 6.45) is 3.07. The molecule has 0 heterocycles. The normalized spacial score (nSPS) is 20.7. The lowest BCUT2D eigenvalue weighted by molar-refractivity contribution is -0.494. The second-order valence-corrected chi connectivity index (χ2v) is 4.04. The van der Waals surface area contributed by atoms with Crippen molar-refractivity contribution < 1.29 is 22.7 Å². The Bertz CT molecular complexity index is 511. The van der Waals surface area contributed by atoms with Crippen molar-refractivity contribution in [3.63, 3.8) is 0 Å². The molecule has 0 saturated carbocycles. The molecule has 9 heteroatoms. The van der Waals surface area contributed by atoms with Gasteiger partial charge in [0.15, 0.2) is 4.91 Å². The summed E-state index contributed by atoms with van der Waals surface area (Å²) in [6.45, 7) is 0. The number of rotatable bonds is 2. The van der Waals surface area contributed by atoms with Crippen LogP contribution in [0.3, 0.4) is 0 Å². The molecule has 0 bridgehead atoms. The van der Waals surface area contributed by atoms with Crippen molar-refractivity contribution in [2.24, 2.45) is 0 Å². The van der Waals surface area contributed by atoms with Gasteiger partial charge in [0.1, 0.15) is 0 Å². The van der Waals surface area contributed by atoms with Gasteiger partial charge in [0, 0.05) is 11.0 Å². The fourth-order valence-electron chi connectivity index (χ4n) is 1.10. The highest BCUT2D eigenvalue weighted by Gasteiger charge is 2.44. The van der Waals surface area contributed by atoms with Crippen LogP contribution in [0.15, 0.2) is 23.1 Å². The van der Waals surface area contributed by atoms with Crippen LogP contribution in [0.5, 0.6) is 0 Å². The summed E-state index contributed by atoms with van der Waals surface area (Å²) in [4.78, 5) is 11.3. The largest absolute Gasteiger partial charge is 0.370 e. The van der Waals surface area contributed by atoms with Crippen LogP contribution >= 0.6 is 0 Å². The topological polar surface area (TPSA) is 134 Å². The number of nitro groups is 1. The minimum absolute atomic E-state index is 0.463. The highest BCUT2D eigenvalue weighted by molar-refractivity contribution is 7.89. The summed E-state index contributed by atoms with van der Waals surface area (Å²) in [5.41, 5.74) is 7.96. The minimum atomic E-state index is -4.69. The molecule has 0 fully saturated rings. The first-order valence-electron chi connectivity index (χ1n) is 3.59. The lowest BCUT2D eigenvalue weighted by Gasteiger charge is -2.07. The number of hydrogen-bond donors (Lipinski definition) is 1. The molecule has 1 aliphatic rings. The van der Waals surface area contributed by atoms with Gasteiger partial charge in [-0.05, 0) is 6.08 Å². The molecule has 1 atom stereocenters. The van der Waals surface area contributed by atoms with Crippen LogP contribution in [0.25, 0.3) is 5.53 Å². The average Bonchev–Trinajstić information content (AvgIpc) is 2.15. The second kappa shape index (κ2) is 3.73. The predicted octanol–water partition coefficient (Wildman–Crippen LogP) is -0.356. The van der Waals surface area contributed by atoms with E-state index in [1.165, 1.54) is 0 Å². The van der Waals surface area contributed by atoms with E-state index in [0.717, 1.165) is 18.2 Å². The Morgan fingerprint density at radius 3 is 2.60 bits per heavy atom. The van der Waals surface area contributed by atoms with Crippen molar-refractivity contribution in [2.75, 3.05) is 0 Å². The predicted molar refractivity (Wildman–Crippen MR) is 48.2 cm³/mol. The summed E-state index contributed by atoms with van der Waals surface area (Å²) in [5.74, 6) is 0. The highest BCUT2D eigenvalue weighted by atomic mass is 32.2. The molecular weight excluding hydrogens is 226 g/mol. The van der Waals surface area contributed by atoms with Crippen LogP contribution in [0.1, 0.15) is 0 Å². The van der Waals surface area contributed by atoms with E-state index in [2.05, 4.69) is 4.79 Å². The molecule has 0 amide bonds. The van der Waals surface area contributed by atoms with Gasteiger partial charge in [-0.15, -0.1) is 0 Å². The van der Waals surface area contributed by atoms with E-state index in [-0.39, 0.29) is 0 Å². The standard InChI is InChI=1S/C6H5N3O5S/c7-8-4-2-1-3-5(15(12,13)14)6(4)9(10)11/h1-3,6H,(H,12,13,14). The molecule has 1 N–H and O–H groups in total. The summed E-state index contributed by atoms with van der Waals surface area (Å²) in [6, 6.07) is -1.88. The van der Waals surface area contributed by atoms with Crippen LogP contribution in [-0.4, -0.2) is 34.4 Å². The van der Waals surface area contributed by atoms with E-state index < -0.39 is 31.7 Å². The Labute approximate surface area is 84.0 Å². The third-order valence-corrected chi connectivity index (χ3v) is 2.66. The van der Waals surface area contributed by atoms with Crippen LogP contribution < -0.4 is 0 Å². The summed E-state index contributed by atoms with van der Waals surface area (Å²) >= 11 is 0.